The molecule has 3 aromatic rings. The van der Waals surface area contributed by atoms with Crippen LogP contribution in [0.5, 0.6) is 5.75 Å². The fraction of sp³-hybridized carbons (Fsp3) is 0.105. The number of benzene rings is 2. The number of hydrogen-bond donors (Lipinski definition) is 0. The third kappa shape index (κ3) is 3.76. The molecule has 0 radical (unpaired) electrons. The molecule has 0 bridgehead atoms. The Kier molecular flexibility index (Phi) is 4.52. The number of nitrogens with zero attached hydrogens (tertiary/aromatic N) is 2. The van der Waals surface area contributed by atoms with Gasteiger partial charge in [-0.15, -0.1) is 0 Å². The molecule has 0 atom stereocenters. The van der Waals surface area contributed by atoms with Crippen molar-refractivity contribution in [2.45, 2.75) is 13.5 Å². The number of carbonyl (C=O) groups excluding carboxylic acids is 1. The number of rotatable bonds is 4. The van der Waals surface area contributed by atoms with Crippen LogP contribution in [0.3, 0.4) is 0 Å². The van der Waals surface area contributed by atoms with Gasteiger partial charge in [0.2, 0.25) is 0 Å². The molecule has 3 rings (SSSR count). The van der Waals surface area contributed by atoms with Crippen LogP contribution in [0.4, 0.5) is 0 Å². The fourth-order valence-electron chi connectivity index (χ4n) is 2.33. The maximum atomic E-state index is 12.1. The van der Waals surface area contributed by atoms with Crippen LogP contribution >= 0.6 is 0 Å². The highest BCUT2D eigenvalue weighted by molar-refractivity contribution is 5.69. The second-order valence-electron chi connectivity index (χ2n) is 5.32. The van der Waals surface area contributed by atoms with Crippen LogP contribution in [0.25, 0.3) is 11.3 Å². The van der Waals surface area contributed by atoms with E-state index in [4.69, 9.17) is 4.74 Å². The summed E-state index contributed by atoms with van der Waals surface area (Å²) in [6.45, 7) is 1.70. The molecule has 0 aliphatic carbocycles. The van der Waals surface area contributed by atoms with Gasteiger partial charge in [-0.05, 0) is 23.8 Å². The second-order valence-corrected chi connectivity index (χ2v) is 5.32. The van der Waals surface area contributed by atoms with Crippen molar-refractivity contribution in [3.05, 3.63) is 82.6 Å². The van der Waals surface area contributed by atoms with Crippen LogP contribution in [0.1, 0.15) is 12.5 Å². The average molecular weight is 320 g/mol. The molecule has 0 amide bonds. The van der Waals surface area contributed by atoms with E-state index < -0.39 is 0 Å². The molecule has 0 aliphatic rings. The molecule has 5 heteroatoms. The highest BCUT2D eigenvalue weighted by Gasteiger charge is 2.05. The van der Waals surface area contributed by atoms with E-state index in [0.29, 0.717) is 12.3 Å². The summed E-state index contributed by atoms with van der Waals surface area (Å²) in [7, 11) is 0. The van der Waals surface area contributed by atoms with Gasteiger partial charge in [0.15, 0.2) is 0 Å². The monoisotopic (exact) mass is 320 g/mol. The zero-order valence-corrected chi connectivity index (χ0v) is 13.2. The molecule has 0 unspecified atom stereocenters. The Morgan fingerprint density at radius 3 is 2.38 bits per heavy atom. The van der Waals surface area contributed by atoms with Gasteiger partial charge in [-0.1, -0.05) is 42.5 Å². The molecule has 0 fully saturated rings. The lowest BCUT2D eigenvalue weighted by molar-refractivity contribution is -0.131. The quantitative estimate of drug-likeness (QED) is 0.548. The summed E-state index contributed by atoms with van der Waals surface area (Å²) in [5.74, 6) is 0.112. The first-order chi connectivity index (χ1) is 11.6. The van der Waals surface area contributed by atoms with Crippen molar-refractivity contribution in [2.24, 2.45) is 0 Å². The van der Waals surface area contributed by atoms with Crippen LogP contribution in [-0.4, -0.2) is 15.7 Å². The van der Waals surface area contributed by atoms with E-state index in [1.54, 1.807) is 18.2 Å². The predicted octanol–water partition coefficient (Wildman–Crippen LogP) is 2.88. The smallest absolute Gasteiger partial charge is 0.308 e. The van der Waals surface area contributed by atoms with E-state index in [0.717, 1.165) is 16.8 Å². The maximum Gasteiger partial charge on any atom is 0.308 e. The molecule has 0 saturated heterocycles. The standard InChI is InChI=1S/C19H16N2O3/c1-14(22)24-17-9-7-15(8-10-17)13-21-19(23)12-11-18(20-21)16-5-3-2-4-6-16/h2-12H,13H2,1H3. The summed E-state index contributed by atoms with van der Waals surface area (Å²) in [5, 5.41) is 4.43. The first kappa shape index (κ1) is 15.7. The normalized spacial score (nSPS) is 10.4. The van der Waals surface area contributed by atoms with Crippen molar-refractivity contribution in [3.8, 4) is 17.0 Å². The summed E-state index contributed by atoms with van der Waals surface area (Å²) < 4.78 is 6.42. The van der Waals surface area contributed by atoms with Gasteiger partial charge in [-0.25, -0.2) is 4.68 Å². The molecule has 0 spiro atoms. The first-order valence-electron chi connectivity index (χ1n) is 7.53. The van der Waals surface area contributed by atoms with Crippen molar-refractivity contribution < 1.29 is 9.53 Å². The van der Waals surface area contributed by atoms with E-state index in [9.17, 15) is 9.59 Å². The second kappa shape index (κ2) is 6.91. The Morgan fingerprint density at radius 2 is 1.71 bits per heavy atom. The summed E-state index contributed by atoms with van der Waals surface area (Å²) in [6.07, 6.45) is 0. The maximum absolute atomic E-state index is 12.1. The number of carbonyl (C=O) groups is 1. The van der Waals surface area contributed by atoms with Crippen LogP contribution < -0.4 is 10.3 Å². The van der Waals surface area contributed by atoms with Gasteiger partial charge in [0, 0.05) is 18.6 Å². The van der Waals surface area contributed by atoms with Gasteiger partial charge in [-0.2, -0.15) is 5.10 Å². The van der Waals surface area contributed by atoms with Crippen molar-refractivity contribution >= 4 is 5.97 Å². The van der Waals surface area contributed by atoms with Crippen LogP contribution in [-0.2, 0) is 11.3 Å². The summed E-state index contributed by atoms with van der Waals surface area (Å²) in [6, 6.07) is 19.9. The van der Waals surface area contributed by atoms with E-state index in [-0.39, 0.29) is 11.5 Å². The number of ether oxygens (including phenoxy) is 1. The average Bonchev–Trinajstić information content (AvgIpc) is 2.59. The lowest BCUT2D eigenvalue weighted by Gasteiger charge is -2.08. The largest absolute Gasteiger partial charge is 0.427 e. The van der Waals surface area contributed by atoms with Gasteiger partial charge >= 0.3 is 5.97 Å². The molecule has 1 aromatic heterocycles. The van der Waals surface area contributed by atoms with Crippen molar-refractivity contribution in [3.63, 3.8) is 0 Å². The number of hydrogen-bond acceptors (Lipinski definition) is 4. The lowest BCUT2D eigenvalue weighted by atomic mass is 10.1. The van der Waals surface area contributed by atoms with E-state index in [2.05, 4.69) is 5.10 Å². The van der Waals surface area contributed by atoms with E-state index >= 15 is 0 Å². The summed E-state index contributed by atoms with van der Waals surface area (Å²) in [5.41, 5.74) is 2.42. The Labute approximate surface area is 139 Å². The van der Waals surface area contributed by atoms with Crippen LogP contribution in [0.15, 0.2) is 71.5 Å². The Bertz CT molecular complexity index is 900. The highest BCUT2D eigenvalue weighted by atomic mass is 16.5. The van der Waals surface area contributed by atoms with Crippen molar-refractivity contribution in [2.75, 3.05) is 0 Å². The fourth-order valence-corrected chi connectivity index (χ4v) is 2.33. The zero-order chi connectivity index (χ0) is 16.9. The minimum atomic E-state index is -0.365. The SMILES string of the molecule is CC(=O)Oc1ccc(Cn2nc(-c3ccccc3)ccc2=O)cc1. The zero-order valence-electron chi connectivity index (χ0n) is 13.2. The lowest BCUT2D eigenvalue weighted by Crippen LogP contribution is -2.22. The highest BCUT2D eigenvalue weighted by Crippen LogP contribution is 2.15. The minimum Gasteiger partial charge on any atom is -0.427 e. The van der Waals surface area contributed by atoms with E-state index in [1.165, 1.54) is 17.7 Å². The molecule has 0 saturated carbocycles. The van der Waals surface area contributed by atoms with Crippen molar-refractivity contribution in [1.82, 2.24) is 9.78 Å². The van der Waals surface area contributed by atoms with Gasteiger partial charge in [-0.3, -0.25) is 9.59 Å². The van der Waals surface area contributed by atoms with Gasteiger partial charge in [0.05, 0.1) is 12.2 Å². The van der Waals surface area contributed by atoms with Crippen LogP contribution in [0, 0.1) is 0 Å². The molecule has 120 valence electrons. The Balaban J connectivity index is 1.84. The topological polar surface area (TPSA) is 61.2 Å². The molecule has 0 aliphatic heterocycles. The summed E-state index contributed by atoms with van der Waals surface area (Å²) >= 11 is 0. The third-order valence-electron chi connectivity index (χ3n) is 3.45. The van der Waals surface area contributed by atoms with Gasteiger partial charge in [0.25, 0.3) is 5.56 Å². The third-order valence-corrected chi connectivity index (χ3v) is 3.45. The molecule has 2 aromatic carbocycles. The molecule has 0 N–H and O–H groups in total. The molecule has 24 heavy (non-hydrogen) atoms. The summed E-state index contributed by atoms with van der Waals surface area (Å²) in [4.78, 5) is 23.0. The van der Waals surface area contributed by atoms with Crippen molar-refractivity contribution in [1.29, 1.82) is 0 Å². The Hall–Kier alpha value is -3.21. The van der Waals surface area contributed by atoms with Gasteiger partial charge in [0.1, 0.15) is 5.75 Å². The molecule has 1 heterocycles. The Morgan fingerprint density at radius 1 is 1.00 bits per heavy atom. The molecule has 5 nitrogen and oxygen atoms in total. The first-order valence-corrected chi connectivity index (χ1v) is 7.53. The predicted molar refractivity (Wildman–Crippen MR) is 90.8 cm³/mol. The number of esters is 1. The van der Waals surface area contributed by atoms with E-state index in [1.807, 2.05) is 42.5 Å². The molecular weight excluding hydrogens is 304 g/mol. The minimum absolute atomic E-state index is 0.168. The number of aromatic nitrogens is 2. The van der Waals surface area contributed by atoms with Gasteiger partial charge < -0.3 is 4.74 Å². The van der Waals surface area contributed by atoms with Crippen LogP contribution in [0.2, 0.25) is 0 Å². The molecular formula is C19H16N2O3.